The minimum atomic E-state index is -0.189. The number of thiophene rings is 1. The van der Waals surface area contributed by atoms with Crippen molar-refractivity contribution in [2.45, 2.75) is 39.2 Å². The van der Waals surface area contributed by atoms with E-state index in [1.807, 2.05) is 30.0 Å². The monoisotopic (exact) mass is 522 g/mol. The highest BCUT2D eigenvalue weighted by Gasteiger charge is 2.35. The summed E-state index contributed by atoms with van der Waals surface area (Å²) in [4.78, 5) is 32.0. The van der Waals surface area contributed by atoms with Crippen molar-refractivity contribution >= 4 is 34.8 Å². The van der Waals surface area contributed by atoms with E-state index in [0.29, 0.717) is 36.2 Å². The lowest BCUT2D eigenvalue weighted by Gasteiger charge is -2.37. The van der Waals surface area contributed by atoms with Crippen LogP contribution in [0, 0.1) is 19.8 Å². The Morgan fingerprint density at radius 2 is 1.94 bits per heavy atom. The van der Waals surface area contributed by atoms with Crippen LogP contribution in [0.3, 0.4) is 0 Å². The minimum Gasteiger partial charge on any atom is -0.491 e. The summed E-state index contributed by atoms with van der Waals surface area (Å²) in [6, 6.07) is 15.1. The van der Waals surface area contributed by atoms with Crippen LogP contribution in [0.15, 0.2) is 53.9 Å². The average molecular weight is 523 g/mol. The van der Waals surface area contributed by atoms with Crippen molar-refractivity contribution in [3.05, 3.63) is 86.1 Å². The van der Waals surface area contributed by atoms with Gasteiger partial charge in [-0.05, 0) is 79.8 Å². The first-order valence-electron chi connectivity index (χ1n) is 12.5. The van der Waals surface area contributed by atoms with Gasteiger partial charge in [-0.2, -0.15) is 0 Å². The summed E-state index contributed by atoms with van der Waals surface area (Å²) < 4.78 is 6.26. The number of carbonyl (C=O) groups is 2. The van der Waals surface area contributed by atoms with Crippen LogP contribution >= 0.6 is 22.9 Å². The molecule has 36 heavy (non-hydrogen) atoms. The lowest BCUT2D eigenvalue weighted by molar-refractivity contribution is -0.135. The Kier molecular flexibility index (Phi) is 7.35. The SMILES string of the molecule is Cc1ccc(OC[C@H]2c3ccsc3CCN2C(=O)CN(CC2CC2)C(=O)c2ccccc2Cl)c(C)c1. The summed E-state index contributed by atoms with van der Waals surface area (Å²) in [5.74, 6) is 1.05. The first-order valence-corrected chi connectivity index (χ1v) is 13.8. The predicted molar refractivity (Wildman–Crippen MR) is 144 cm³/mol. The van der Waals surface area contributed by atoms with Gasteiger partial charge in [0.05, 0.1) is 16.6 Å². The molecule has 1 aliphatic heterocycles. The molecule has 2 heterocycles. The fourth-order valence-corrected chi connectivity index (χ4v) is 6.04. The third-order valence-electron chi connectivity index (χ3n) is 7.04. The Labute approximate surface area is 221 Å². The Hall–Kier alpha value is -2.83. The molecule has 1 aromatic heterocycles. The molecule has 5 nitrogen and oxygen atoms in total. The quantitative estimate of drug-likeness (QED) is 0.360. The zero-order valence-corrected chi connectivity index (χ0v) is 22.3. The van der Waals surface area contributed by atoms with Crippen LogP contribution < -0.4 is 4.74 Å². The molecular formula is C29H31ClN2O3S. The van der Waals surface area contributed by atoms with Crippen molar-refractivity contribution in [2.24, 2.45) is 5.92 Å². The lowest BCUT2D eigenvalue weighted by Crippen LogP contribution is -2.48. The van der Waals surface area contributed by atoms with E-state index in [9.17, 15) is 9.59 Å². The van der Waals surface area contributed by atoms with Crippen LogP contribution in [0.2, 0.25) is 5.02 Å². The molecule has 1 atom stereocenters. The molecule has 2 aromatic carbocycles. The molecular weight excluding hydrogens is 492 g/mol. The number of hydrogen-bond acceptors (Lipinski definition) is 4. The summed E-state index contributed by atoms with van der Waals surface area (Å²) in [5, 5.41) is 2.50. The zero-order chi connectivity index (χ0) is 25.2. The van der Waals surface area contributed by atoms with Gasteiger partial charge in [0, 0.05) is 18.0 Å². The van der Waals surface area contributed by atoms with E-state index < -0.39 is 0 Å². The summed E-state index contributed by atoms with van der Waals surface area (Å²) in [6.07, 6.45) is 3.00. The smallest absolute Gasteiger partial charge is 0.255 e. The fraction of sp³-hybridized carbons (Fsp3) is 0.379. The lowest BCUT2D eigenvalue weighted by atomic mass is 10.00. The van der Waals surface area contributed by atoms with Crippen molar-refractivity contribution < 1.29 is 14.3 Å². The normalized spacial score (nSPS) is 17.0. The molecule has 0 saturated heterocycles. The maximum atomic E-state index is 13.7. The molecule has 188 valence electrons. The van der Waals surface area contributed by atoms with Gasteiger partial charge in [0.15, 0.2) is 0 Å². The van der Waals surface area contributed by atoms with Crippen LogP contribution in [0.25, 0.3) is 0 Å². The van der Waals surface area contributed by atoms with Crippen molar-refractivity contribution in [3.63, 3.8) is 0 Å². The third-order valence-corrected chi connectivity index (χ3v) is 8.36. The van der Waals surface area contributed by atoms with Gasteiger partial charge in [0.2, 0.25) is 5.91 Å². The number of benzene rings is 2. The van der Waals surface area contributed by atoms with Crippen LogP contribution in [0.1, 0.15) is 50.8 Å². The van der Waals surface area contributed by atoms with Gasteiger partial charge in [0.1, 0.15) is 18.9 Å². The predicted octanol–water partition coefficient (Wildman–Crippen LogP) is 6.08. The molecule has 0 spiro atoms. The number of amides is 2. The van der Waals surface area contributed by atoms with E-state index in [1.54, 1.807) is 34.4 Å². The molecule has 0 bridgehead atoms. The summed E-state index contributed by atoms with van der Waals surface area (Å²) >= 11 is 8.06. The maximum Gasteiger partial charge on any atom is 0.255 e. The van der Waals surface area contributed by atoms with Gasteiger partial charge in [-0.1, -0.05) is 41.4 Å². The largest absolute Gasteiger partial charge is 0.491 e. The molecule has 1 saturated carbocycles. The summed E-state index contributed by atoms with van der Waals surface area (Å²) in [5.41, 5.74) is 3.86. The standard InChI is InChI=1S/C29H31ClN2O3S/c1-19-7-10-26(20(2)15-19)35-18-25-23-12-14-36-27(23)11-13-32(25)28(33)17-31(16-21-8-9-21)29(34)22-5-3-4-6-24(22)30/h3-7,10,12,14-15,21,25H,8-9,11,13,16-18H2,1-2H3/t25-/m0/s1. The van der Waals surface area contributed by atoms with Crippen molar-refractivity contribution in [1.82, 2.24) is 9.80 Å². The van der Waals surface area contributed by atoms with E-state index in [2.05, 4.69) is 24.4 Å². The van der Waals surface area contributed by atoms with Crippen molar-refractivity contribution in [2.75, 3.05) is 26.2 Å². The van der Waals surface area contributed by atoms with E-state index in [4.69, 9.17) is 16.3 Å². The summed E-state index contributed by atoms with van der Waals surface area (Å²) in [6.45, 7) is 5.72. The maximum absolute atomic E-state index is 13.7. The molecule has 7 heteroatoms. The number of halogens is 1. The number of carbonyl (C=O) groups excluding carboxylic acids is 2. The zero-order valence-electron chi connectivity index (χ0n) is 20.7. The molecule has 1 aliphatic carbocycles. The highest BCUT2D eigenvalue weighted by atomic mass is 35.5. The number of rotatable bonds is 8. The van der Waals surface area contributed by atoms with E-state index in [1.165, 1.54) is 10.4 Å². The Morgan fingerprint density at radius 1 is 1.14 bits per heavy atom. The second-order valence-electron chi connectivity index (χ2n) is 9.84. The number of aryl methyl sites for hydroxylation is 2. The average Bonchev–Trinajstić information content (AvgIpc) is 3.55. The van der Waals surface area contributed by atoms with Gasteiger partial charge in [-0.3, -0.25) is 9.59 Å². The van der Waals surface area contributed by atoms with Gasteiger partial charge in [0.25, 0.3) is 5.91 Å². The number of fused-ring (bicyclic) bond motifs is 1. The van der Waals surface area contributed by atoms with E-state index in [-0.39, 0.29) is 24.4 Å². The van der Waals surface area contributed by atoms with Gasteiger partial charge in [-0.25, -0.2) is 0 Å². The number of ether oxygens (including phenoxy) is 1. The highest BCUT2D eigenvalue weighted by molar-refractivity contribution is 7.10. The molecule has 0 unspecified atom stereocenters. The van der Waals surface area contributed by atoms with Crippen molar-refractivity contribution in [3.8, 4) is 5.75 Å². The minimum absolute atomic E-state index is 0.0418. The third kappa shape index (κ3) is 5.45. The molecule has 0 radical (unpaired) electrons. The Balaban J connectivity index is 1.36. The van der Waals surface area contributed by atoms with Crippen LogP contribution in [-0.4, -0.2) is 47.9 Å². The van der Waals surface area contributed by atoms with Gasteiger partial charge >= 0.3 is 0 Å². The van der Waals surface area contributed by atoms with Crippen molar-refractivity contribution in [1.29, 1.82) is 0 Å². The second-order valence-corrected chi connectivity index (χ2v) is 11.2. The number of hydrogen-bond donors (Lipinski definition) is 0. The molecule has 5 rings (SSSR count). The molecule has 1 fully saturated rings. The fourth-order valence-electron chi connectivity index (χ4n) is 4.90. The van der Waals surface area contributed by atoms with E-state index in [0.717, 1.165) is 36.1 Å². The van der Waals surface area contributed by atoms with Gasteiger partial charge in [-0.15, -0.1) is 11.3 Å². The Morgan fingerprint density at radius 3 is 2.69 bits per heavy atom. The van der Waals surface area contributed by atoms with Gasteiger partial charge < -0.3 is 14.5 Å². The summed E-state index contributed by atoms with van der Waals surface area (Å²) in [7, 11) is 0. The highest BCUT2D eigenvalue weighted by Crippen LogP contribution is 2.35. The number of nitrogens with zero attached hydrogens (tertiary/aromatic N) is 2. The topological polar surface area (TPSA) is 49.9 Å². The molecule has 2 aliphatic rings. The van der Waals surface area contributed by atoms with Crippen LogP contribution in [0.5, 0.6) is 5.75 Å². The molecule has 3 aromatic rings. The molecule has 2 amide bonds. The first kappa shape index (κ1) is 24.8. The van der Waals surface area contributed by atoms with E-state index >= 15 is 0 Å². The Bertz CT molecular complexity index is 1270. The molecule has 0 N–H and O–H groups in total. The van der Waals surface area contributed by atoms with Crippen LogP contribution in [0.4, 0.5) is 0 Å². The second kappa shape index (κ2) is 10.7. The van der Waals surface area contributed by atoms with Crippen LogP contribution in [-0.2, 0) is 11.2 Å². The first-order chi connectivity index (χ1) is 17.4.